The summed E-state index contributed by atoms with van der Waals surface area (Å²) in [5, 5.41) is 2.24. The molecule has 2 N–H and O–H groups in total. The molecule has 2 nitrogen and oxygen atoms in total. The number of nitrogens with two attached hydrogens (primary N) is 1. The second-order valence-electron chi connectivity index (χ2n) is 4.59. The molecule has 0 saturated heterocycles. The number of para-hydroxylation sites is 1. The maximum absolute atomic E-state index is 13.7. The molecule has 0 spiro atoms. The van der Waals surface area contributed by atoms with Crippen molar-refractivity contribution in [1.82, 2.24) is 0 Å². The number of rotatable bonds is 3. The maximum Gasteiger partial charge on any atom is 0.178 e. The van der Waals surface area contributed by atoms with Gasteiger partial charge in [0.05, 0.1) is 5.69 Å². The number of halogens is 1. The molecule has 0 aliphatic heterocycles. The van der Waals surface area contributed by atoms with Crippen molar-refractivity contribution in [3.8, 4) is 5.75 Å². The molecule has 0 amide bonds. The summed E-state index contributed by atoms with van der Waals surface area (Å²) in [5.74, 6) is -0.328. The van der Waals surface area contributed by atoms with Gasteiger partial charge in [0.2, 0.25) is 0 Å². The summed E-state index contributed by atoms with van der Waals surface area (Å²) in [7, 11) is 0. The van der Waals surface area contributed by atoms with Gasteiger partial charge in [0.15, 0.2) is 11.6 Å². The van der Waals surface area contributed by atoms with Crippen LogP contribution in [0.1, 0.15) is 5.56 Å². The largest absolute Gasteiger partial charge is 0.484 e. The molecule has 0 unspecified atom stereocenters. The predicted octanol–water partition coefficient (Wildman–Crippen LogP) is 4.14. The summed E-state index contributed by atoms with van der Waals surface area (Å²) >= 11 is 0. The van der Waals surface area contributed by atoms with E-state index in [9.17, 15) is 4.39 Å². The first-order valence-corrected chi connectivity index (χ1v) is 6.39. The van der Waals surface area contributed by atoms with Crippen LogP contribution < -0.4 is 10.5 Å². The lowest BCUT2D eigenvalue weighted by Gasteiger charge is -2.11. The highest BCUT2D eigenvalue weighted by molar-refractivity contribution is 5.85. The fourth-order valence-corrected chi connectivity index (χ4v) is 2.25. The minimum atomic E-state index is -0.440. The zero-order valence-corrected chi connectivity index (χ0v) is 10.8. The van der Waals surface area contributed by atoms with Crippen LogP contribution in [0, 0.1) is 5.82 Å². The van der Waals surface area contributed by atoms with Crippen molar-refractivity contribution in [1.29, 1.82) is 0 Å². The standard InChI is InChI=1S/C17H14FNO/c18-15-9-4-10-16(19)17(15)20-11-13-7-3-6-12-5-1-2-8-14(12)13/h1-10H,11,19H2. The van der Waals surface area contributed by atoms with E-state index in [1.165, 1.54) is 6.07 Å². The van der Waals surface area contributed by atoms with Crippen LogP contribution in [0.4, 0.5) is 10.1 Å². The minimum Gasteiger partial charge on any atom is -0.484 e. The summed E-state index contributed by atoms with van der Waals surface area (Å²) in [6.45, 7) is 0.284. The molecule has 100 valence electrons. The van der Waals surface area contributed by atoms with E-state index >= 15 is 0 Å². The van der Waals surface area contributed by atoms with Crippen LogP contribution >= 0.6 is 0 Å². The van der Waals surface area contributed by atoms with Crippen LogP contribution in [-0.2, 0) is 6.61 Å². The topological polar surface area (TPSA) is 35.2 Å². The Morgan fingerprint density at radius 2 is 1.65 bits per heavy atom. The number of nitrogen functional groups attached to an aromatic ring is 1. The Hall–Kier alpha value is -2.55. The smallest absolute Gasteiger partial charge is 0.178 e. The number of anilines is 1. The Kier molecular flexibility index (Phi) is 3.25. The van der Waals surface area contributed by atoms with Crippen molar-refractivity contribution in [2.24, 2.45) is 0 Å². The van der Waals surface area contributed by atoms with Gasteiger partial charge in [-0.2, -0.15) is 0 Å². The first-order valence-electron chi connectivity index (χ1n) is 6.39. The van der Waals surface area contributed by atoms with E-state index < -0.39 is 5.82 Å². The number of fused-ring (bicyclic) bond motifs is 1. The van der Waals surface area contributed by atoms with Gasteiger partial charge in [0.1, 0.15) is 6.61 Å². The number of hydrogen-bond donors (Lipinski definition) is 1. The first kappa shape index (κ1) is 12.5. The third kappa shape index (κ3) is 2.30. The molecule has 0 aliphatic rings. The van der Waals surface area contributed by atoms with Gasteiger partial charge in [-0.1, -0.05) is 48.5 Å². The van der Waals surface area contributed by atoms with Crippen molar-refractivity contribution in [2.75, 3.05) is 5.73 Å². The van der Waals surface area contributed by atoms with E-state index in [2.05, 4.69) is 0 Å². The molecular formula is C17H14FNO. The quantitative estimate of drug-likeness (QED) is 0.724. The summed E-state index contributed by atoms with van der Waals surface area (Å²) < 4.78 is 19.2. The van der Waals surface area contributed by atoms with Gasteiger partial charge >= 0.3 is 0 Å². The van der Waals surface area contributed by atoms with Gasteiger partial charge in [-0.3, -0.25) is 0 Å². The van der Waals surface area contributed by atoms with Crippen molar-refractivity contribution in [3.05, 3.63) is 72.0 Å². The van der Waals surface area contributed by atoms with Crippen LogP contribution in [-0.4, -0.2) is 0 Å². The van der Waals surface area contributed by atoms with E-state index in [1.54, 1.807) is 12.1 Å². The SMILES string of the molecule is Nc1cccc(F)c1OCc1cccc2ccccc12. The third-order valence-electron chi connectivity index (χ3n) is 3.25. The summed E-state index contributed by atoms with van der Waals surface area (Å²) in [4.78, 5) is 0. The number of ether oxygens (including phenoxy) is 1. The molecule has 3 heteroatoms. The molecule has 0 radical (unpaired) electrons. The highest BCUT2D eigenvalue weighted by Gasteiger charge is 2.08. The van der Waals surface area contributed by atoms with Gasteiger partial charge in [0, 0.05) is 0 Å². The highest BCUT2D eigenvalue weighted by atomic mass is 19.1. The average Bonchev–Trinajstić information content (AvgIpc) is 2.47. The summed E-state index contributed by atoms with van der Waals surface area (Å²) in [6.07, 6.45) is 0. The van der Waals surface area contributed by atoms with Crippen molar-refractivity contribution in [2.45, 2.75) is 6.61 Å². The van der Waals surface area contributed by atoms with Gasteiger partial charge in [-0.05, 0) is 28.5 Å². The van der Waals surface area contributed by atoms with E-state index in [-0.39, 0.29) is 12.4 Å². The summed E-state index contributed by atoms with van der Waals surface area (Å²) in [5.41, 5.74) is 7.05. The van der Waals surface area contributed by atoms with Crippen LogP contribution in [0.25, 0.3) is 10.8 Å². The Morgan fingerprint density at radius 1 is 0.900 bits per heavy atom. The fourth-order valence-electron chi connectivity index (χ4n) is 2.25. The Labute approximate surface area is 116 Å². The van der Waals surface area contributed by atoms with E-state index in [4.69, 9.17) is 10.5 Å². The van der Waals surface area contributed by atoms with E-state index in [0.717, 1.165) is 16.3 Å². The van der Waals surface area contributed by atoms with Crippen molar-refractivity contribution >= 4 is 16.5 Å². The van der Waals surface area contributed by atoms with Gasteiger partial charge in [-0.15, -0.1) is 0 Å². The molecule has 3 aromatic carbocycles. The molecule has 0 atom stereocenters. The predicted molar refractivity (Wildman–Crippen MR) is 79.1 cm³/mol. The number of hydrogen-bond acceptors (Lipinski definition) is 2. The molecule has 0 fully saturated rings. The zero-order chi connectivity index (χ0) is 13.9. The molecule has 20 heavy (non-hydrogen) atoms. The normalized spacial score (nSPS) is 10.7. The second-order valence-corrected chi connectivity index (χ2v) is 4.59. The molecule has 0 saturated carbocycles. The fraction of sp³-hybridized carbons (Fsp3) is 0.0588. The highest BCUT2D eigenvalue weighted by Crippen LogP contribution is 2.27. The molecule has 3 aromatic rings. The molecule has 0 heterocycles. The third-order valence-corrected chi connectivity index (χ3v) is 3.25. The molecule has 0 aromatic heterocycles. The lowest BCUT2D eigenvalue weighted by molar-refractivity contribution is 0.293. The Morgan fingerprint density at radius 3 is 2.50 bits per heavy atom. The molecular weight excluding hydrogens is 253 g/mol. The molecule has 3 rings (SSSR count). The Balaban J connectivity index is 1.91. The van der Waals surface area contributed by atoms with E-state index in [0.29, 0.717) is 5.69 Å². The first-order chi connectivity index (χ1) is 9.75. The lowest BCUT2D eigenvalue weighted by Crippen LogP contribution is -2.01. The van der Waals surface area contributed by atoms with Gasteiger partial charge in [0.25, 0.3) is 0 Å². The van der Waals surface area contributed by atoms with Crippen LogP contribution in [0.15, 0.2) is 60.7 Å². The van der Waals surface area contributed by atoms with Gasteiger partial charge in [-0.25, -0.2) is 4.39 Å². The molecule has 0 bridgehead atoms. The van der Waals surface area contributed by atoms with Crippen molar-refractivity contribution in [3.63, 3.8) is 0 Å². The van der Waals surface area contributed by atoms with Gasteiger partial charge < -0.3 is 10.5 Å². The average molecular weight is 267 g/mol. The van der Waals surface area contributed by atoms with Crippen LogP contribution in [0.2, 0.25) is 0 Å². The van der Waals surface area contributed by atoms with Crippen LogP contribution in [0.5, 0.6) is 5.75 Å². The lowest BCUT2D eigenvalue weighted by atomic mass is 10.1. The number of benzene rings is 3. The minimum absolute atomic E-state index is 0.112. The second kappa shape index (κ2) is 5.21. The monoisotopic (exact) mass is 267 g/mol. The maximum atomic E-state index is 13.7. The Bertz CT molecular complexity index is 729. The van der Waals surface area contributed by atoms with E-state index in [1.807, 2.05) is 42.5 Å². The molecule has 0 aliphatic carbocycles. The zero-order valence-electron chi connectivity index (χ0n) is 10.8. The van der Waals surface area contributed by atoms with Crippen molar-refractivity contribution < 1.29 is 9.13 Å². The summed E-state index contributed by atoms with van der Waals surface area (Å²) in [6, 6.07) is 18.5. The van der Waals surface area contributed by atoms with Crippen LogP contribution in [0.3, 0.4) is 0 Å².